The average Bonchev–Trinajstić information content (AvgIpc) is 2.10. The summed E-state index contributed by atoms with van der Waals surface area (Å²) < 4.78 is 0. The minimum absolute atomic E-state index is 0.640. The van der Waals surface area contributed by atoms with Crippen LogP contribution in [-0.2, 0) is 0 Å². The summed E-state index contributed by atoms with van der Waals surface area (Å²) in [4.78, 5) is 0. The van der Waals surface area contributed by atoms with Crippen molar-refractivity contribution in [2.75, 3.05) is 12.3 Å². The number of hydrogen-bond acceptors (Lipinski definition) is 2. The lowest BCUT2D eigenvalue weighted by atomic mass is 10.1. The number of anilines is 1. The molecule has 0 aliphatic rings. The summed E-state index contributed by atoms with van der Waals surface area (Å²) in [6, 6.07) is 5.48. The van der Waals surface area contributed by atoms with Crippen LogP contribution >= 0.6 is 11.6 Å². The summed E-state index contributed by atoms with van der Waals surface area (Å²) >= 11 is 5.95. The molecule has 0 radical (unpaired) electrons. The topological polar surface area (TPSA) is 52.0 Å². The van der Waals surface area contributed by atoms with Crippen molar-refractivity contribution in [1.29, 1.82) is 0 Å². The summed E-state index contributed by atoms with van der Waals surface area (Å²) in [5, 5.41) is 0.674. The second-order valence-electron chi connectivity index (χ2n) is 2.72. The average molecular weight is 197 g/mol. The van der Waals surface area contributed by atoms with Gasteiger partial charge in [0.15, 0.2) is 0 Å². The zero-order chi connectivity index (χ0) is 9.68. The van der Waals surface area contributed by atoms with Crippen molar-refractivity contribution in [2.45, 2.75) is 6.42 Å². The molecule has 0 bridgehead atoms. The van der Waals surface area contributed by atoms with Gasteiger partial charge in [0.1, 0.15) is 0 Å². The molecule has 0 fully saturated rings. The lowest BCUT2D eigenvalue weighted by Crippen LogP contribution is -1.95. The van der Waals surface area contributed by atoms with Crippen LogP contribution in [0.2, 0.25) is 5.02 Å². The molecule has 0 atom stereocenters. The van der Waals surface area contributed by atoms with Gasteiger partial charge in [-0.1, -0.05) is 29.8 Å². The summed E-state index contributed by atoms with van der Waals surface area (Å²) in [5.74, 6) is 0. The molecule has 1 rings (SSSR count). The van der Waals surface area contributed by atoms with Crippen LogP contribution in [0, 0.1) is 0 Å². The fraction of sp³-hybridized carbons (Fsp3) is 0.200. The fourth-order valence-electron chi connectivity index (χ4n) is 1.03. The van der Waals surface area contributed by atoms with Crippen molar-refractivity contribution in [3.63, 3.8) is 0 Å². The zero-order valence-corrected chi connectivity index (χ0v) is 8.09. The Morgan fingerprint density at radius 1 is 1.38 bits per heavy atom. The van der Waals surface area contributed by atoms with E-state index in [1.807, 2.05) is 30.4 Å². The first-order valence-corrected chi connectivity index (χ1v) is 4.54. The maximum Gasteiger partial charge on any atom is 0.0498 e. The van der Waals surface area contributed by atoms with Crippen LogP contribution in [0.15, 0.2) is 24.3 Å². The molecule has 13 heavy (non-hydrogen) atoms. The third-order valence-electron chi connectivity index (χ3n) is 1.70. The Hall–Kier alpha value is -0.990. The van der Waals surface area contributed by atoms with Crippen molar-refractivity contribution in [3.8, 4) is 0 Å². The van der Waals surface area contributed by atoms with Crippen LogP contribution in [0.25, 0.3) is 6.08 Å². The maximum atomic E-state index is 5.95. The van der Waals surface area contributed by atoms with Crippen LogP contribution in [0.5, 0.6) is 0 Å². The minimum Gasteiger partial charge on any atom is -0.398 e. The highest BCUT2D eigenvalue weighted by atomic mass is 35.5. The van der Waals surface area contributed by atoms with Crippen molar-refractivity contribution < 1.29 is 0 Å². The van der Waals surface area contributed by atoms with Crippen LogP contribution in [-0.4, -0.2) is 6.54 Å². The van der Waals surface area contributed by atoms with Crippen molar-refractivity contribution in [1.82, 2.24) is 0 Å². The molecule has 0 amide bonds. The standard InChI is InChI=1S/C10H13ClN2/c11-9-5-3-6-10(13)8(9)4-1-2-7-12/h1,3-6H,2,7,12-13H2. The lowest BCUT2D eigenvalue weighted by Gasteiger charge is -2.01. The highest BCUT2D eigenvalue weighted by Gasteiger charge is 1.98. The third kappa shape index (κ3) is 2.76. The van der Waals surface area contributed by atoms with Gasteiger partial charge in [0.25, 0.3) is 0 Å². The van der Waals surface area contributed by atoms with E-state index in [1.54, 1.807) is 0 Å². The molecule has 0 aliphatic carbocycles. The first-order chi connectivity index (χ1) is 6.25. The van der Waals surface area contributed by atoms with E-state index in [4.69, 9.17) is 23.1 Å². The van der Waals surface area contributed by atoms with Gasteiger partial charge < -0.3 is 11.5 Å². The molecular weight excluding hydrogens is 184 g/mol. The summed E-state index contributed by atoms with van der Waals surface area (Å²) in [5.41, 5.74) is 12.7. The van der Waals surface area contributed by atoms with Crippen LogP contribution in [0.1, 0.15) is 12.0 Å². The van der Waals surface area contributed by atoms with E-state index >= 15 is 0 Å². The van der Waals surface area contributed by atoms with Crippen molar-refractivity contribution in [3.05, 3.63) is 34.9 Å². The molecular formula is C10H13ClN2. The number of nitrogens with two attached hydrogens (primary N) is 2. The van der Waals surface area contributed by atoms with E-state index in [-0.39, 0.29) is 0 Å². The second-order valence-corrected chi connectivity index (χ2v) is 3.13. The van der Waals surface area contributed by atoms with E-state index < -0.39 is 0 Å². The zero-order valence-electron chi connectivity index (χ0n) is 7.33. The SMILES string of the molecule is NCCC=Cc1c(N)cccc1Cl. The Balaban J connectivity index is 2.87. The monoisotopic (exact) mass is 196 g/mol. The highest BCUT2D eigenvalue weighted by molar-refractivity contribution is 6.32. The maximum absolute atomic E-state index is 5.95. The Bertz CT molecular complexity index is 288. The molecule has 3 heteroatoms. The fourth-order valence-corrected chi connectivity index (χ4v) is 1.27. The molecule has 0 saturated carbocycles. The first-order valence-electron chi connectivity index (χ1n) is 4.16. The van der Waals surface area contributed by atoms with E-state index in [2.05, 4.69) is 0 Å². The van der Waals surface area contributed by atoms with Gasteiger partial charge in [-0.3, -0.25) is 0 Å². The van der Waals surface area contributed by atoms with Gasteiger partial charge in [0, 0.05) is 16.3 Å². The van der Waals surface area contributed by atoms with E-state index in [9.17, 15) is 0 Å². The van der Waals surface area contributed by atoms with Gasteiger partial charge in [-0.05, 0) is 25.1 Å². The summed E-state index contributed by atoms with van der Waals surface area (Å²) in [7, 11) is 0. The molecule has 0 aromatic heterocycles. The number of nitrogen functional groups attached to an aromatic ring is 1. The smallest absolute Gasteiger partial charge is 0.0498 e. The molecule has 0 unspecified atom stereocenters. The first kappa shape index (κ1) is 10.1. The van der Waals surface area contributed by atoms with E-state index in [1.165, 1.54) is 0 Å². The molecule has 1 aromatic rings. The van der Waals surface area contributed by atoms with Crippen LogP contribution in [0.3, 0.4) is 0 Å². The van der Waals surface area contributed by atoms with Gasteiger partial charge >= 0.3 is 0 Å². The lowest BCUT2D eigenvalue weighted by molar-refractivity contribution is 1.01. The van der Waals surface area contributed by atoms with Crippen LogP contribution < -0.4 is 11.5 Å². The normalized spacial score (nSPS) is 10.9. The highest BCUT2D eigenvalue weighted by Crippen LogP contribution is 2.23. The van der Waals surface area contributed by atoms with Gasteiger partial charge in [-0.25, -0.2) is 0 Å². The Morgan fingerprint density at radius 3 is 2.77 bits per heavy atom. The Kier molecular flexibility index (Phi) is 3.80. The molecule has 1 aromatic carbocycles. The number of rotatable bonds is 3. The molecule has 70 valence electrons. The predicted octanol–water partition coefficient (Wildman–Crippen LogP) is 2.28. The molecule has 0 saturated heterocycles. The molecule has 0 spiro atoms. The molecule has 0 aliphatic heterocycles. The van der Waals surface area contributed by atoms with Gasteiger partial charge in [-0.15, -0.1) is 0 Å². The Morgan fingerprint density at radius 2 is 2.15 bits per heavy atom. The van der Waals surface area contributed by atoms with E-state index in [0.717, 1.165) is 12.0 Å². The predicted molar refractivity (Wildman–Crippen MR) is 58.6 cm³/mol. The molecule has 4 N–H and O–H groups in total. The molecule has 2 nitrogen and oxygen atoms in total. The quantitative estimate of drug-likeness (QED) is 0.729. The second kappa shape index (κ2) is 4.90. The minimum atomic E-state index is 0.640. The van der Waals surface area contributed by atoms with Crippen molar-refractivity contribution >= 4 is 23.4 Å². The van der Waals surface area contributed by atoms with Gasteiger partial charge in [0.2, 0.25) is 0 Å². The summed E-state index contributed by atoms with van der Waals surface area (Å²) in [6.45, 7) is 0.640. The number of benzene rings is 1. The third-order valence-corrected chi connectivity index (χ3v) is 2.03. The van der Waals surface area contributed by atoms with Gasteiger partial charge in [-0.2, -0.15) is 0 Å². The molecule has 0 heterocycles. The number of halogens is 1. The summed E-state index contributed by atoms with van der Waals surface area (Å²) in [6.07, 6.45) is 4.72. The van der Waals surface area contributed by atoms with Gasteiger partial charge in [0.05, 0.1) is 0 Å². The van der Waals surface area contributed by atoms with Crippen molar-refractivity contribution in [2.24, 2.45) is 5.73 Å². The number of hydrogen-bond donors (Lipinski definition) is 2. The van der Waals surface area contributed by atoms with E-state index in [0.29, 0.717) is 17.3 Å². The van der Waals surface area contributed by atoms with Crippen LogP contribution in [0.4, 0.5) is 5.69 Å². The largest absolute Gasteiger partial charge is 0.398 e. The Labute approximate surface area is 83.2 Å².